The van der Waals surface area contributed by atoms with Crippen molar-refractivity contribution < 1.29 is 4.74 Å². The van der Waals surface area contributed by atoms with Crippen LogP contribution < -0.4 is 16.2 Å². The Hall–Kier alpha value is -1.64. The number of ether oxygens (including phenoxy) is 1. The quantitative estimate of drug-likeness (QED) is 0.286. The molecule has 0 saturated heterocycles. The number of nitrogens with two attached hydrogens (primary N) is 2. The summed E-state index contributed by atoms with van der Waals surface area (Å²) in [6, 6.07) is 5.70. The zero-order valence-electron chi connectivity index (χ0n) is 24.4. The largest absolute Gasteiger partial charge is 0.488 e. The van der Waals surface area contributed by atoms with Crippen LogP contribution in [0.15, 0.2) is 29.8 Å². The highest BCUT2D eigenvalue weighted by atomic mass is 16.5. The minimum atomic E-state index is 0.290. The number of fused-ring (bicyclic) bond motifs is 5. The van der Waals surface area contributed by atoms with Gasteiger partial charge in [0, 0.05) is 5.69 Å². The van der Waals surface area contributed by atoms with Gasteiger partial charge in [-0.1, -0.05) is 32.4 Å². The molecule has 0 spiro atoms. The minimum absolute atomic E-state index is 0.290. The number of benzene rings is 1. The monoisotopic (exact) mass is 506 g/mol. The zero-order valence-corrected chi connectivity index (χ0v) is 24.4. The van der Waals surface area contributed by atoms with Gasteiger partial charge in [-0.2, -0.15) is 0 Å². The molecule has 0 radical (unpaired) electrons. The third-order valence-electron chi connectivity index (χ3n) is 12.2. The molecule has 4 N–H and O–H groups in total. The van der Waals surface area contributed by atoms with Gasteiger partial charge in [-0.25, -0.2) is 0 Å². The van der Waals surface area contributed by atoms with Gasteiger partial charge in [-0.05, 0) is 155 Å². The lowest BCUT2D eigenvalue weighted by atomic mass is 9.43. The lowest BCUT2D eigenvalue weighted by Crippen LogP contribution is -2.55. The van der Waals surface area contributed by atoms with Crippen LogP contribution >= 0.6 is 0 Å². The van der Waals surface area contributed by atoms with E-state index in [4.69, 9.17) is 16.2 Å². The Morgan fingerprint density at radius 1 is 1.05 bits per heavy atom. The number of hydrogen-bond donors (Lipinski definition) is 2. The summed E-state index contributed by atoms with van der Waals surface area (Å²) in [5, 5.41) is 0. The summed E-state index contributed by atoms with van der Waals surface area (Å²) in [4.78, 5) is 0. The van der Waals surface area contributed by atoms with Crippen molar-refractivity contribution in [2.24, 2.45) is 46.3 Å². The van der Waals surface area contributed by atoms with Gasteiger partial charge in [-0.15, -0.1) is 0 Å². The molecule has 37 heavy (non-hydrogen) atoms. The van der Waals surface area contributed by atoms with E-state index in [2.05, 4.69) is 40.7 Å². The molecule has 9 unspecified atom stereocenters. The van der Waals surface area contributed by atoms with Crippen LogP contribution in [0.4, 0.5) is 11.4 Å². The normalized spacial score (nSPS) is 39.7. The number of hydrogen-bond acceptors (Lipinski definition) is 3. The second-order valence-corrected chi connectivity index (χ2v) is 14.1. The van der Waals surface area contributed by atoms with Crippen molar-refractivity contribution in [2.75, 3.05) is 11.5 Å². The Morgan fingerprint density at radius 3 is 2.59 bits per heavy atom. The maximum Gasteiger partial charge on any atom is 0.142 e. The first-order valence-corrected chi connectivity index (χ1v) is 15.6. The van der Waals surface area contributed by atoms with Crippen molar-refractivity contribution in [3.8, 4) is 5.75 Å². The van der Waals surface area contributed by atoms with Crippen molar-refractivity contribution >= 4 is 11.4 Å². The fourth-order valence-corrected chi connectivity index (χ4v) is 10.5. The van der Waals surface area contributed by atoms with Gasteiger partial charge in [0.25, 0.3) is 0 Å². The predicted octanol–water partition coefficient (Wildman–Crippen LogP) is 9.03. The van der Waals surface area contributed by atoms with Gasteiger partial charge in [0.1, 0.15) is 5.75 Å². The van der Waals surface area contributed by atoms with Crippen LogP contribution in [0.3, 0.4) is 0 Å². The Labute approximate surface area is 227 Å². The lowest BCUT2D eigenvalue weighted by Gasteiger charge is -2.62. The number of nitrogen functional groups attached to an aromatic ring is 2. The Bertz CT molecular complexity index is 982. The highest BCUT2D eigenvalue weighted by molar-refractivity contribution is 5.60. The Kier molecular flexibility index (Phi) is 7.64. The molecule has 9 atom stereocenters. The van der Waals surface area contributed by atoms with E-state index >= 15 is 0 Å². The Morgan fingerprint density at radius 2 is 1.86 bits per heavy atom. The smallest absolute Gasteiger partial charge is 0.142 e. The molecule has 0 amide bonds. The van der Waals surface area contributed by atoms with Crippen LogP contribution in [0, 0.1) is 46.3 Å². The summed E-state index contributed by atoms with van der Waals surface area (Å²) in [5.74, 6) is 6.24. The van der Waals surface area contributed by atoms with Crippen LogP contribution in [-0.2, 0) is 0 Å². The number of rotatable bonds is 7. The molecule has 0 heterocycles. The van der Waals surface area contributed by atoms with Crippen LogP contribution in [0.1, 0.15) is 112 Å². The molecule has 0 aliphatic heterocycles. The molecule has 4 aliphatic rings. The molecule has 1 aromatic rings. The molecule has 4 aliphatic carbocycles. The van der Waals surface area contributed by atoms with Gasteiger partial charge in [0.15, 0.2) is 0 Å². The van der Waals surface area contributed by atoms with Crippen LogP contribution in [0.5, 0.6) is 5.75 Å². The van der Waals surface area contributed by atoms with Gasteiger partial charge >= 0.3 is 0 Å². The van der Waals surface area contributed by atoms with Crippen LogP contribution in [-0.4, -0.2) is 6.10 Å². The molecule has 5 rings (SSSR count). The summed E-state index contributed by atoms with van der Waals surface area (Å²) < 4.78 is 6.50. The molecule has 3 nitrogen and oxygen atoms in total. The first kappa shape index (κ1) is 26.9. The van der Waals surface area contributed by atoms with Crippen molar-refractivity contribution in [3.05, 3.63) is 29.8 Å². The van der Waals surface area contributed by atoms with E-state index in [9.17, 15) is 0 Å². The Balaban J connectivity index is 1.28. The third kappa shape index (κ3) is 4.82. The fraction of sp³-hybridized carbons (Fsp3) is 0.765. The van der Waals surface area contributed by atoms with E-state index in [-0.39, 0.29) is 0 Å². The molecule has 4 saturated carbocycles. The minimum Gasteiger partial charge on any atom is -0.488 e. The molecule has 4 fully saturated rings. The van der Waals surface area contributed by atoms with Crippen LogP contribution in [0.2, 0.25) is 0 Å². The predicted molar refractivity (Wildman–Crippen MR) is 157 cm³/mol. The van der Waals surface area contributed by atoms with E-state index in [1.807, 2.05) is 18.2 Å². The second-order valence-electron chi connectivity index (χ2n) is 14.1. The van der Waals surface area contributed by atoms with E-state index in [0.717, 1.165) is 41.3 Å². The first-order valence-electron chi connectivity index (χ1n) is 15.6. The summed E-state index contributed by atoms with van der Waals surface area (Å²) in [7, 11) is 0. The average Bonchev–Trinajstić information content (AvgIpc) is 3.22. The maximum atomic E-state index is 6.50. The van der Waals surface area contributed by atoms with Crippen molar-refractivity contribution in [1.82, 2.24) is 0 Å². The second kappa shape index (κ2) is 10.5. The van der Waals surface area contributed by atoms with Gasteiger partial charge < -0.3 is 16.2 Å². The van der Waals surface area contributed by atoms with Crippen LogP contribution in [0.25, 0.3) is 0 Å². The van der Waals surface area contributed by atoms with Gasteiger partial charge in [0.05, 0.1) is 11.8 Å². The molecular weight excluding hydrogens is 452 g/mol. The summed E-state index contributed by atoms with van der Waals surface area (Å²) >= 11 is 0. The standard InChI is InChI=1S/C34H54N2O/c1-6-34-19-16-26(37-32-15-11-25(35)21-31(32)36)20-24(34)10-12-27-29-14-13-28(23(4)9-7-8-22(2)3)33(29,5)18-17-30(27)34/h8,11,15,21,23-24,26-30H,6-7,9-10,12-14,16-20,35-36H2,1-5H3. The summed E-state index contributed by atoms with van der Waals surface area (Å²) in [6.07, 6.45) is 19.2. The molecule has 0 aromatic heterocycles. The highest BCUT2D eigenvalue weighted by Gasteiger charge is 2.61. The lowest BCUT2D eigenvalue weighted by molar-refractivity contribution is -0.137. The van der Waals surface area contributed by atoms with Crippen molar-refractivity contribution in [3.63, 3.8) is 0 Å². The summed E-state index contributed by atoms with van der Waals surface area (Å²) in [6.45, 7) is 12.3. The van der Waals surface area contributed by atoms with Crippen molar-refractivity contribution in [2.45, 2.75) is 118 Å². The van der Waals surface area contributed by atoms with Gasteiger partial charge in [0.2, 0.25) is 0 Å². The first-order chi connectivity index (χ1) is 17.7. The van der Waals surface area contributed by atoms with E-state index in [1.54, 1.807) is 0 Å². The SMILES string of the molecule is CCC12CCC(Oc3ccc(N)cc3N)CC1CCC1C3CCC(C(C)CCC=C(C)C)C3(C)CCC12. The summed E-state index contributed by atoms with van der Waals surface area (Å²) in [5.41, 5.74) is 16.1. The van der Waals surface area contributed by atoms with E-state index < -0.39 is 0 Å². The van der Waals surface area contributed by atoms with Gasteiger partial charge in [-0.3, -0.25) is 0 Å². The van der Waals surface area contributed by atoms with E-state index in [1.165, 1.54) is 82.6 Å². The number of allylic oxidation sites excluding steroid dienone is 2. The highest BCUT2D eigenvalue weighted by Crippen LogP contribution is 2.69. The topological polar surface area (TPSA) is 61.3 Å². The molecule has 3 heteroatoms. The molecular formula is C34H54N2O. The average molecular weight is 507 g/mol. The number of anilines is 2. The molecule has 1 aromatic carbocycles. The van der Waals surface area contributed by atoms with E-state index in [0.29, 0.717) is 28.3 Å². The third-order valence-corrected chi connectivity index (χ3v) is 12.2. The maximum absolute atomic E-state index is 6.50. The van der Waals surface area contributed by atoms with Crippen molar-refractivity contribution in [1.29, 1.82) is 0 Å². The molecule has 0 bridgehead atoms. The molecule has 206 valence electrons. The zero-order chi connectivity index (χ0) is 26.4. The fourth-order valence-electron chi connectivity index (χ4n) is 10.5.